The van der Waals surface area contributed by atoms with Crippen LogP contribution in [0.25, 0.3) is 0 Å². The smallest absolute Gasteiger partial charge is 0.283 e. The highest BCUT2D eigenvalue weighted by atomic mass is 35.5. The van der Waals surface area contributed by atoms with Crippen molar-refractivity contribution in [2.45, 2.75) is 24.9 Å². The number of hydrogen-bond acceptors (Lipinski definition) is 2. The van der Waals surface area contributed by atoms with Crippen LogP contribution in [0.15, 0.2) is 54.6 Å². The molecule has 2 atom stereocenters. The van der Waals surface area contributed by atoms with Crippen molar-refractivity contribution in [3.05, 3.63) is 65.2 Å². The molecule has 26 heavy (non-hydrogen) atoms. The van der Waals surface area contributed by atoms with Crippen LogP contribution in [0.4, 0.5) is 5.69 Å². The van der Waals surface area contributed by atoms with Crippen molar-refractivity contribution in [1.82, 2.24) is 5.32 Å². The largest absolute Gasteiger partial charge is 0.348 e. The molecule has 6 heteroatoms. The van der Waals surface area contributed by atoms with Gasteiger partial charge in [-0.15, -0.1) is 0 Å². The van der Waals surface area contributed by atoms with Gasteiger partial charge in [0.2, 0.25) is 0 Å². The van der Waals surface area contributed by atoms with Crippen molar-refractivity contribution in [3.8, 4) is 0 Å². The summed E-state index contributed by atoms with van der Waals surface area (Å²) in [7, 11) is 1.86. The maximum atomic E-state index is 12.7. The predicted molar refractivity (Wildman–Crippen MR) is 102 cm³/mol. The number of hydrogen-bond donors (Lipinski definition) is 3. The maximum Gasteiger partial charge on any atom is 0.283 e. The molecule has 0 aromatic heterocycles. The van der Waals surface area contributed by atoms with E-state index in [1.165, 1.54) is 0 Å². The summed E-state index contributed by atoms with van der Waals surface area (Å²) in [5.74, 6) is -0.225. The Bertz CT molecular complexity index is 778. The quantitative estimate of drug-likeness (QED) is 0.694. The van der Waals surface area contributed by atoms with Gasteiger partial charge in [-0.1, -0.05) is 54.1 Å². The number of quaternary nitrogens is 1. The molecule has 3 N–H and O–H groups in total. The first-order valence-corrected chi connectivity index (χ1v) is 9.14. The zero-order valence-corrected chi connectivity index (χ0v) is 15.4. The summed E-state index contributed by atoms with van der Waals surface area (Å²) >= 11 is 6.09. The van der Waals surface area contributed by atoms with Crippen LogP contribution < -0.4 is 15.5 Å². The lowest BCUT2D eigenvalue weighted by atomic mass is 10.0. The summed E-state index contributed by atoms with van der Waals surface area (Å²) in [6.45, 7) is 0.156. The fourth-order valence-electron chi connectivity index (χ4n) is 2.93. The summed E-state index contributed by atoms with van der Waals surface area (Å²) in [5, 5.41) is 6.36. The second kappa shape index (κ2) is 8.34. The zero-order valence-electron chi connectivity index (χ0n) is 14.7. The molecule has 0 spiro atoms. The topological polar surface area (TPSA) is 62.6 Å². The number of nitrogens with one attached hydrogen (secondary N) is 3. The van der Waals surface area contributed by atoms with Gasteiger partial charge in [0, 0.05) is 11.6 Å². The second-order valence-corrected chi connectivity index (χ2v) is 7.08. The molecular weight excluding hydrogens is 350 g/mol. The maximum absolute atomic E-state index is 12.7. The summed E-state index contributed by atoms with van der Waals surface area (Å²) < 4.78 is 0. The lowest BCUT2D eigenvalue weighted by Crippen LogP contribution is -3.11. The lowest BCUT2D eigenvalue weighted by Gasteiger charge is -2.24. The number of rotatable bonds is 7. The lowest BCUT2D eigenvalue weighted by molar-refractivity contribution is -0.894. The molecule has 136 valence electrons. The molecular formula is C20H23ClN3O2+. The summed E-state index contributed by atoms with van der Waals surface area (Å²) in [4.78, 5) is 26.0. The van der Waals surface area contributed by atoms with E-state index in [1.807, 2.05) is 49.5 Å². The van der Waals surface area contributed by atoms with E-state index in [0.717, 1.165) is 23.3 Å². The molecule has 0 bridgehead atoms. The SMILES string of the molecule is C[NH+](CC(=O)Nc1ccccc1Cl)[C@@H](C(=O)NC1CC1)c1ccccc1. The van der Waals surface area contributed by atoms with Gasteiger partial charge in [0.1, 0.15) is 0 Å². The van der Waals surface area contributed by atoms with E-state index in [4.69, 9.17) is 11.6 Å². The third kappa shape index (κ3) is 4.84. The first kappa shape index (κ1) is 18.4. The standard InChI is InChI=1S/C20H22ClN3O2/c1-24(13-18(25)23-17-10-6-5-9-16(17)21)19(14-7-3-2-4-8-14)20(26)22-15-11-12-15/h2-10,15,19H,11-13H2,1H3,(H,22,26)(H,23,25)/p+1/t19-/m1/s1. The Kier molecular flexibility index (Phi) is 5.91. The van der Waals surface area contributed by atoms with Crippen LogP contribution >= 0.6 is 11.6 Å². The van der Waals surface area contributed by atoms with Gasteiger partial charge in [0.05, 0.1) is 17.8 Å². The molecule has 3 rings (SSSR count). The van der Waals surface area contributed by atoms with E-state index >= 15 is 0 Å². The third-order valence-corrected chi connectivity index (χ3v) is 4.73. The Morgan fingerprint density at radius 2 is 1.77 bits per heavy atom. The van der Waals surface area contributed by atoms with E-state index in [-0.39, 0.29) is 24.4 Å². The number of amides is 2. The zero-order chi connectivity index (χ0) is 18.5. The molecule has 0 aliphatic heterocycles. The number of likely N-dealkylation sites (N-methyl/N-ethyl adjacent to an activating group) is 1. The molecule has 0 saturated heterocycles. The minimum Gasteiger partial charge on any atom is -0.348 e. The number of carbonyl (C=O) groups excluding carboxylic acids is 2. The Morgan fingerprint density at radius 3 is 2.42 bits per heavy atom. The van der Waals surface area contributed by atoms with Crippen LogP contribution in [0.5, 0.6) is 0 Å². The molecule has 0 radical (unpaired) electrons. The van der Waals surface area contributed by atoms with Crippen LogP contribution in [-0.4, -0.2) is 31.4 Å². The van der Waals surface area contributed by atoms with Gasteiger partial charge in [-0.05, 0) is 25.0 Å². The Labute approximate surface area is 158 Å². The molecule has 1 fully saturated rings. The van der Waals surface area contributed by atoms with Crippen molar-refractivity contribution < 1.29 is 14.5 Å². The van der Waals surface area contributed by atoms with Gasteiger partial charge < -0.3 is 15.5 Å². The van der Waals surface area contributed by atoms with Gasteiger partial charge in [0.15, 0.2) is 12.6 Å². The van der Waals surface area contributed by atoms with E-state index in [1.54, 1.807) is 12.1 Å². The number of carbonyl (C=O) groups is 2. The van der Waals surface area contributed by atoms with Crippen molar-refractivity contribution in [3.63, 3.8) is 0 Å². The minimum absolute atomic E-state index is 0.0401. The molecule has 2 aromatic rings. The summed E-state index contributed by atoms with van der Waals surface area (Å²) in [6, 6.07) is 16.5. The van der Waals surface area contributed by atoms with Crippen LogP contribution in [0.3, 0.4) is 0 Å². The van der Waals surface area contributed by atoms with Crippen LogP contribution in [0.2, 0.25) is 5.02 Å². The molecule has 1 aliphatic rings. The summed E-state index contributed by atoms with van der Waals surface area (Å²) in [6.07, 6.45) is 2.05. The third-order valence-electron chi connectivity index (χ3n) is 4.40. The van der Waals surface area contributed by atoms with Crippen LogP contribution in [0.1, 0.15) is 24.4 Å². The van der Waals surface area contributed by atoms with E-state index < -0.39 is 6.04 Å². The normalized spacial score (nSPS) is 15.8. The van der Waals surface area contributed by atoms with Gasteiger partial charge in [-0.3, -0.25) is 9.59 Å². The summed E-state index contributed by atoms with van der Waals surface area (Å²) in [5.41, 5.74) is 1.47. The molecule has 2 aromatic carbocycles. The first-order chi connectivity index (χ1) is 12.5. The van der Waals surface area contributed by atoms with E-state index in [0.29, 0.717) is 10.7 Å². The predicted octanol–water partition coefficient (Wildman–Crippen LogP) is 1.81. The van der Waals surface area contributed by atoms with E-state index in [9.17, 15) is 9.59 Å². The Hall–Kier alpha value is -2.37. The van der Waals surface area contributed by atoms with E-state index in [2.05, 4.69) is 10.6 Å². The highest BCUT2D eigenvalue weighted by Gasteiger charge is 2.34. The minimum atomic E-state index is -0.436. The highest BCUT2D eigenvalue weighted by Crippen LogP contribution is 2.21. The van der Waals surface area contributed by atoms with Crippen molar-refractivity contribution >= 4 is 29.1 Å². The van der Waals surface area contributed by atoms with Crippen LogP contribution in [-0.2, 0) is 9.59 Å². The molecule has 1 aliphatic carbocycles. The average Bonchev–Trinajstić information content (AvgIpc) is 3.42. The number of anilines is 1. The molecule has 1 unspecified atom stereocenters. The van der Waals surface area contributed by atoms with Gasteiger partial charge >= 0.3 is 0 Å². The van der Waals surface area contributed by atoms with Gasteiger partial charge in [-0.2, -0.15) is 0 Å². The Balaban J connectivity index is 1.70. The molecule has 5 nitrogen and oxygen atoms in total. The number of para-hydroxylation sites is 1. The fraction of sp³-hybridized carbons (Fsp3) is 0.300. The van der Waals surface area contributed by atoms with Gasteiger partial charge in [-0.25, -0.2) is 0 Å². The monoisotopic (exact) mass is 372 g/mol. The number of halogens is 1. The fourth-order valence-corrected chi connectivity index (χ4v) is 3.11. The number of benzene rings is 2. The Morgan fingerprint density at radius 1 is 1.12 bits per heavy atom. The highest BCUT2D eigenvalue weighted by molar-refractivity contribution is 6.33. The molecule has 0 heterocycles. The van der Waals surface area contributed by atoms with Crippen molar-refractivity contribution in [2.24, 2.45) is 0 Å². The molecule has 1 saturated carbocycles. The first-order valence-electron chi connectivity index (χ1n) is 8.76. The van der Waals surface area contributed by atoms with Crippen molar-refractivity contribution in [2.75, 3.05) is 18.9 Å². The second-order valence-electron chi connectivity index (χ2n) is 6.68. The van der Waals surface area contributed by atoms with Gasteiger partial charge in [0.25, 0.3) is 11.8 Å². The van der Waals surface area contributed by atoms with Crippen LogP contribution in [0, 0.1) is 0 Å². The van der Waals surface area contributed by atoms with Crippen molar-refractivity contribution in [1.29, 1.82) is 0 Å². The molecule has 2 amide bonds. The average molecular weight is 373 g/mol.